The molecule has 0 bridgehead atoms. The molecule has 5 nitrogen and oxygen atoms in total. The van der Waals surface area contributed by atoms with Gasteiger partial charge in [-0.1, -0.05) is 48.0 Å². The summed E-state index contributed by atoms with van der Waals surface area (Å²) in [5.74, 6) is -0.267. The fraction of sp³-hybridized carbons (Fsp3) is 0.227. The van der Waals surface area contributed by atoms with Crippen molar-refractivity contribution in [3.8, 4) is 22.6 Å². The van der Waals surface area contributed by atoms with Crippen molar-refractivity contribution in [1.29, 1.82) is 0 Å². The fourth-order valence-corrected chi connectivity index (χ4v) is 2.75. The summed E-state index contributed by atoms with van der Waals surface area (Å²) < 4.78 is 25.7. The van der Waals surface area contributed by atoms with Crippen LogP contribution in [0.2, 0.25) is 5.02 Å². The summed E-state index contributed by atoms with van der Waals surface area (Å²) in [5, 5.41) is 13.0. The van der Waals surface area contributed by atoms with E-state index in [2.05, 4.69) is 15.3 Å². The SMILES string of the molecule is CC(C)(O)CNC(=O)c1cc(-c2ccc(Cl)cc2)nc(-c2ccc(C(F)F)cc2)n1. The number of aliphatic hydroxyl groups is 1. The van der Waals surface area contributed by atoms with E-state index in [1.165, 1.54) is 30.3 Å². The van der Waals surface area contributed by atoms with Crippen molar-refractivity contribution >= 4 is 17.5 Å². The molecule has 3 aromatic rings. The Bertz CT molecular complexity index is 1030. The number of nitrogens with one attached hydrogen (secondary N) is 1. The lowest BCUT2D eigenvalue weighted by Gasteiger charge is -2.17. The van der Waals surface area contributed by atoms with Crippen LogP contribution < -0.4 is 5.32 Å². The van der Waals surface area contributed by atoms with E-state index in [0.717, 1.165) is 0 Å². The Labute approximate surface area is 177 Å². The third-order valence-electron chi connectivity index (χ3n) is 4.20. The smallest absolute Gasteiger partial charge is 0.270 e. The van der Waals surface area contributed by atoms with E-state index < -0.39 is 17.9 Å². The number of amides is 1. The molecular weight excluding hydrogens is 412 g/mol. The first-order chi connectivity index (χ1) is 14.1. The number of carbonyl (C=O) groups excluding carboxylic acids is 1. The van der Waals surface area contributed by atoms with Crippen molar-refractivity contribution in [2.75, 3.05) is 6.54 Å². The Morgan fingerprint density at radius 3 is 2.23 bits per heavy atom. The summed E-state index contributed by atoms with van der Waals surface area (Å²) >= 11 is 5.95. The minimum absolute atomic E-state index is 0.0323. The van der Waals surface area contributed by atoms with Crippen LogP contribution in [0.1, 0.15) is 36.3 Å². The fourth-order valence-electron chi connectivity index (χ4n) is 2.63. The van der Waals surface area contributed by atoms with Gasteiger partial charge in [0.05, 0.1) is 11.3 Å². The van der Waals surface area contributed by atoms with Crippen LogP contribution in [0.5, 0.6) is 0 Å². The van der Waals surface area contributed by atoms with Crippen LogP contribution in [-0.4, -0.2) is 33.1 Å². The Morgan fingerprint density at radius 1 is 1.07 bits per heavy atom. The number of aromatic nitrogens is 2. The predicted molar refractivity (Wildman–Crippen MR) is 112 cm³/mol. The van der Waals surface area contributed by atoms with Gasteiger partial charge in [0.2, 0.25) is 0 Å². The molecule has 2 N–H and O–H groups in total. The summed E-state index contributed by atoms with van der Waals surface area (Å²) in [6, 6.07) is 14.0. The molecule has 0 fully saturated rings. The van der Waals surface area contributed by atoms with E-state index in [1.54, 1.807) is 38.1 Å². The van der Waals surface area contributed by atoms with E-state index in [0.29, 0.717) is 21.8 Å². The van der Waals surface area contributed by atoms with Crippen molar-refractivity contribution < 1.29 is 18.7 Å². The third kappa shape index (κ3) is 5.58. The zero-order valence-electron chi connectivity index (χ0n) is 16.4. The van der Waals surface area contributed by atoms with Crippen LogP contribution in [-0.2, 0) is 0 Å². The zero-order valence-corrected chi connectivity index (χ0v) is 17.1. The maximum atomic E-state index is 12.9. The lowest BCUT2D eigenvalue weighted by Crippen LogP contribution is -2.38. The molecular formula is C22H20ClF2N3O2. The van der Waals surface area contributed by atoms with Gasteiger partial charge in [0.15, 0.2) is 5.82 Å². The van der Waals surface area contributed by atoms with Gasteiger partial charge in [-0.25, -0.2) is 18.7 Å². The van der Waals surface area contributed by atoms with Crippen LogP contribution in [0.4, 0.5) is 8.78 Å². The molecule has 0 saturated heterocycles. The van der Waals surface area contributed by atoms with Gasteiger partial charge >= 0.3 is 0 Å². The summed E-state index contributed by atoms with van der Waals surface area (Å²) in [4.78, 5) is 21.4. The maximum absolute atomic E-state index is 12.9. The number of hydrogen-bond donors (Lipinski definition) is 2. The number of rotatable bonds is 6. The number of carbonyl (C=O) groups is 1. The Hall–Kier alpha value is -2.90. The highest BCUT2D eigenvalue weighted by molar-refractivity contribution is 6.30. The summed E-state index contributed by atoms with van der Waals surface area (Å²) in [6.07, 6.45) is -2.58. The van der Waals surface area contributed by atoms with Gasteiger partial charge in [-0.3, -0.25) is 4.79 Å². The van der Waals surface area contributed by atoms with Gasteiger partial charge < -0.3 is 10.4 Å². The Balaban J connectivity index is 2.03. The van der Waals surface area contributed by atoms with Crippen LogP contribution in [0.25, 0.3) is 22.6 Å². The highest BCUT2D eigenvalue weighted by atomic mass is 35.5. The Morgan fingerprint density at radius 2 is 1.67 bits per heavy atom. The number of halogens is 3. The molecule has 0 spiro atoms. The van der Waals surface area contributed by atoms with Crippen LogP contribution in [0.3, 0.4) is 0 Å². The van der Waals surface area contributed by atoms with E-state index >= 15 is 0 Å². The van der Waals surface area contributed by atoms with Gasteiger partial charge in [-0.2, -0.15) is 0 Å². The monoisotopic (exact) mass is 431 g/mol. The topological polar surface area (TPSA) is 75.1 Å². The normalized spacial score (nSPS) is 11.6. The molecule has 2 aromatic carbocycles. The molecule has 1 amide bonds. The molecule has 0 aliphatic heterocycles. The van der Waals surface area contributed by atoms with Crippen LogP contribution >= 0.6 is 11.6 Å². The molecule has 3 rings (SSSR count). The summed E-state index contributed by atoms with van der Waals surface area (Å²) in [7, 11) is 0. The van der Waals surface area contributed by atoms with Gasteiger partial charge in [-0.05, 0) is 32.0 Å². The van der Waals surface area contributed by atoms with E-state index in [-0.39, 0.29) is 23.6 Å². The maximum Gasteiger partial charge on any atom is 0.270 e. The van der Waals surface area contributed by atoms with E-state index in [9.17, 15) is 18.7 Å². The number of benzene rings is 2. The summed E-state index contributed by atoms with van der Waals surface area (Å²) in [6.45, 7) is 3.18. The van der Waals surface area contributed by atoms with Crippen LogP contribution in [0.15, 0.2) is 54.6 Å². The zero-order chi connectivity index (χ0) is 21.9. The van der Waals surface area contributed by atoms with Gasteiger partial charge in [0.25, 0.3) is 12.3 Å². The molecule has 0 aliphatic rings. The molecule has 0 radical (unpaired) electrons. The van der Waals surface area contributed by atoms with Crippen molar-refractivity contribution in [2.24, 2.45) is 0 Å². The first-order valence-electron chi connectivity index (χ1n) is 9.16. The second kappa shape index (κ2) is 8.85. The van der Waals surface area contributed by atoms with E-state index in [4.69, 9.17) is 11.6 Å². The molecule has 8 heteroatoms. The van der Waals surface area contributed by atoms with Gasteiger partial charge in [-0.15, -0.1) is 0 Å². The van der Waals surface area contributed by atoms with Crippen molar-refractivity contribution in [3.05, 3.63) is 70.9 Å². The molecule has 1 heterocycles. The van der Waals surface area contributed by atoms with Gasteiger partial charge in [0, 0.05) is 28.3 Å². The minimum Gasteiger partial charge on any atom is -0.389 e. The lowest BCUT2D eigenvalue weighted by atomic mass is 10.1. The molecule has 0 saturated carbocycles. The molecule has 156 valence electrons. The molecule has 1 aromatic heterocycles. The average Bonchev–Trinajstić information content (AvgIpc) is 2.71. The van der Waals surface area contributed by atoms with E-state index in [1.807, 2.05) is 0 Å². The minimum atomic E-state index is -2.58. The predicted octanol–water partition coefficient (Wildman–Crippen LogP) is 4.90. The number of hydrogen-bond acceptors (Lipinski definition) is 4. The molecule has 0 atom stereocenters. The van der Waals surface area contributed by atoms with Gasteiger partial charge in [0.1, 0.15) is 5.69 Å². The highest BCUT2D eigenvalue weighted by Gasteiger charge is 2.18. The second-order valence-corrected chi connectivity index (χ2v) is 7.82. The number of alkyl halides is 2. The summed E-state index contributed by atoms with van der Waals surface area (Å²) in [5.41, 5.74) is 0.566. The standard InChI is InChI=1S/C22H20ClF2N3O2/c1-22(2,30)12-26-21(29)18-11-17(13-7-9-16(23)10-8-13)27-20(28-18)15-5-3-14(4-6-15)19(24)25/h3-11,19,30H,12H2,1-2H3,(H,26,29). The van der Waals surface area contributed by atoms with Crippen molar-refractivity contribution in [3.63, 3.8) is 0 Å². The number of nitrogens with zero attached hydrogens (tertiary/aromatic N) is 2. The Kier molecular flexibility index (Phi) is 6.43. The first-order valence-corrected chi connectivity index (χ1v) is 9.54. The first kappa shape index (κ1) is 21.8. The molecule has 0 aliphatic carbocycles. The molecule has 0 unspecified atom stereocenters. The quantitative estimate of drug-likeness (QED) is 0.582. The molecule has 30 heavy (non-hydrogen) atoms. The highest BCUT2D eigenvalue weighted by Crippen LogP contribution is 2.26. The average molecular weight is 432 g/mol. The van der Waals surface area contributed by atoms with Crippen molar-refractivity contribution in [2.45, 2.75) is 25.9 Å². The lowest BCUT2D eigenvalue weighted by molar-refractivity contribution is 0.0692. The second-order valence-electron chi connectivity index (χ2n) is 7.39. The largest absolute Gasteiger partial charge is 0.389 e. The van der Waals surface area contributed by atoms with Crippen molar-refractivity contribution in [1.82, 2.24) is 15.3 Å². The third-order valence-corrected chi connectivity index (χ3v) is 4.45. The van der Waals surface area contributed by atoms with Crippen LogP contribution in [0, 0.1) is 0 Å².